The van der Waals surface area contributed by atoms with Gasteiger partial charge in [-0.1, -0.05) is 42.6 Å². The summed E-state index contributed by atoms with van der Waals surface area (Å²) in [4.78, 5) is 24.6. The van der Waals surface area contributed by atoms with E-state index in [2.05, 4.69) is 10.6 Å². The first-order chi connectivity index (χ1) is 12.7. The van der Waals surface area contributed by atoms with Crippen molar-refractivity contribution in [1.82, 2.24) is 9.62 Å². The number of benzene rings is 1. The van der Waals surface area contributed by atoms with E-state index in [0.29, 0.717) is 13.0 Å². The van der Waals surface area contributed by atoms with Crippen LogP contribution >= 0.6 is 35.0 Å². The van der Waals surface area contributed by atoms with Gasteiger partial charge in [0.05, 0.1) is 21.4 Å². The van der Waals surface area contributed by atoms with Crippen LogP contribution in [0, 0.1) is 0 Å². The number of nitrogens with zero attached hydrogens (tertiary/aromatic N) is 1. The zero-order chi connectivity index (χ0) is 20.2. The molecule has 7 nitrogen and oxygen atoms in total. The minimum Gasteiger partial charge on any atom is -0.306 e. The maximum absolute atomic E-state index is 12.5. The minimum absolute atomic E-state index is 0.0897. The molecule has 1 aromatic carbocycles. The summed E-state index contributed by atoms with van der Waals surface area (Å²) in [6.07, 6.45) is 1.53. The van der Waals surface area contributed by atoms with E-state index in [1.165, 1.54) is 16.8 Å². The topological polar surface area (TPSA) is 95.6 Å². The van der Waals surface area contributed by atoms with Gasteiger partial charge in [0.1, 0.15) is 0 Å². The predicted molar refractivity (Wildman–Crippen MR) is 110 cm³/mol. The van der Waals surface area contributed by atoms with E-state index in [1.54, 1.807) is 18.2 Å². The van der Waals surface area contributed by atoms with Gasteiger partial charge >= 0.3 is 6.03 Å². The van der Waals surface area contributed by atoms with E-state index in [0.717, 1.165) is 18.2 Å². The highest BCUT2D eigenvalue weighted by atomic mass is 35.5. The third kappa shape index (κ3) is 5.17. The summed E-state index contributed by atoms with van der Waals surface area (Å²) < 4.78 is 25.0. The Balaban J connectivity index is 2.02. The molecule has 27 heavy (non-hydrogen) atoms. The molecule has 2 amide bonds. The number of amides is 2. The first-order valence-electron chi connectivity index (χ1n) is 8.05. The Morgan fingerprint density at radius 2 is 2.00 bits per heavy atom. The first-order valence-corrected chi connectivity index (χ1v) is 11.3. The molecule has 1 aliphatic heterocycles. The highest BCUT2D eigenvalue weighted by Crippen LogP contribution is 2.32. The van der Waals surface area contributed by atoms with Crippen LogP contribution in [-0.2, 0) is 14.8 Å². The summed E-state index contributed by atoms with van der Waals surface area (Å²) in [6.45, 7) is 2.28. The molecule has 0 spiro atoms. The van der Waals surface area contributed by atoms with Gasteiger partial charge in [-0.3, -0.25) is 4.79 Å². The SMILES string of the molecule is CCCCN(C)S(=O)(=O)C1SC=C(NC(=O)Nc2cccc(Cl)c2Cl)C1=O. The second-order valence-corrected chi connectivity index (χ2v) is 9.95. The van der Waals surface area contributed by atoms with Crippen LogP contribution in [0.3, 0.4) is 0 Å². The average Bonchev–Trinajstić information content (AvgIpc) is 2.98. The van der Waals surface area contributed by atoms with Crippen LogP contribution in [-0.4, -0.2) is 42.7 Å². The Labute approximate surface area is 172 Å². The molecule has 0 fully saturated rings. The average molecular weight is 452 g/mol. The molecule has 2 rings (SSSR count). The van der Waals surface area contributed by atoms with Crippen LogP contribution in [0.25, 0.3) is 0 Å². The molecule has 2 N–H and O–H groups in total. The maximum atomic E-state index is 12.5. The summed E-state index contributed by atoms with van der Waals surface area (Å²) in [5.41, 5.74) is 0.178. The van der Waals surface area contributed by atoms with E-state index in [-0.39, 0.29) is 21.4 Å². The first kappa shape index (κ1) is 22.0. The van der Waals surface area contributed by atoms with E-state index < -0.39 is 26.4 Å². The molecule has 1 atom stereocenters. The summed E-state index contributed by atoms with van der Waals surface area (Å²) in [5, 5.41) is 6.60. The van der Waals surface area contributed by atoms with E-state index in [1.807, 2.05) is 6.92 Å². The van der Waals surface area contributed by atoms with Gasteiger partial charge in [-0.05, 0) is 18.6 Å². The summed E-state index contributed by atoms with van der Waals surface area (Å²) >= 11 is 12.7. The maximum Gasteiger partial charge on any atom is 0.323 e. The normalized spacial score (nSPS) is 17.1. The van der Waals surface area contributed by atoms with E-state index in [4.69, 9.17) is 23.2 Å². The van der Waals surface area contributed by atoms with E-state index in [9.17, 15) is 18.0 Å². The number of rotatable bonds is 7. The molecule has 0 saturated heterocycles. The lowest BCUT2D eigenvalue weighted by Gasteiger charge is -2.20. The monoisotopic (exact) mass is 451 g/mol. The van der Waals surface area contributed by atoms with Crippen molar-refractivity contribution in [2.45, 2.75) is 24.3 Å². The zero-order valence-corrected chi connectivity index (χ0v) is 17.8. The van der Waals surface area contributed by atoms with Crippen LogP contribution in [0.1, 0.15) is 19.8 Å². The number of hydrogen-bond acceptors (Lipinski definition) is 5. The van der Waals surface area contributed by atoms with Gasteiger partial charge in [0.2, 0.25) is 15.8 Å². The lowest BCUT2D eigenvalue weighted by atomic mass is 10.3. The molecular weight excluding hydrogens is 433 g/mol. The predicted octanol–water partition coefficient (Wildman–Crippen LogP) is 3.66. The number of hydrogen-bond donors (Lipinski definition) is 2. The number of carbonyl (C=O) groups excluding carboxylic acids is 2. The number of carbonyl (C=O) groups is 2. The third-order valence-electron chi connectivity index (χ3n) is 3.77. The molecular formula is C16H19Cl2N3O4S2. The van der Waals surface area contributed by atoms with Crippen LogP contribution < -0.4 is 10.6 Å². The van der Waals surface area contributed by atoms with Gasteiger partial charge < -0.3 is 10.6 Å². The molecule has 0 radical (unpaired) electrons. The third-order valence-corrected chi connectivity index (χ3v) is 8.29. The standard InChI is InChI=1S/C16H19Cl2N3O4S2/c1-3-4-8-21(2)27(24,25)15-14(22)12(9-26-15)20-16(23)19-11-7-5-6-10(17)13(11)18/h5-7,9,15H,3-4,8H2,1-2H3,(H2,19,20,23). The smallest absolute Gasteiger partial charge is 0.306 e. The van der Waals surface area contributed by atoms with Gasteiger partial charge in [-0.15, -0.1) is 11.8 Å². The van der Waals surface area contributed by atoms with Crippen molar-refractivity contribution in [3.8, 4) is 0 Å². The Bertz CT molecular complexity index is 874. The van der Waals surface area contributed by atoms with Crippen molar-refractivity contribution in [2.24, 2.45) is 0 Å². The van der Waals surface area contributed by atoms with Crippen molar-refractivity contribution in [3.63, 3.8) is 0 Å². The van der Waals surface area contributed by atoms with Crippen molar-refractivity contribution in [2.75, 3.05) is 18.9 Å². The van der Waals surface area contributed by atoms with Gasteiger partial charge in [0, 0.05) is 19.0 Å². The molecule has 1 unspecified atom stereocenters. The summed E-state index contributed by atoms with van der Waals surface area (Å²) in [6, 6.07) is 3.99. The number of thioether (sulfide) groups is 1. The molecule has 1 aliphatic rings. The lowest BCUT2D eigenvalue weighted by Crippen LogP contribution is -2.40. The van der Waals surface area contributed by atoms with Gasteiger partial charge in [-0.25, -0.2) is 17.5 Å². The Morgan fingerprint density at radius 1 is 1.30 bits per heavy atom. The number of unbranched alkanes of at least 4 members (excludes halogenated alkanes) is 1. The van der Waals surface area contributed by atoms with Gasteiger partial charge in [0.15, 0.2) is 4.58 Å². The van der Waals surface area contributed by atoms with Crippen LogP contribution in [0.15, 0.2) is 29.3 Å². The molecule has 1 heterocycles. The summed E-state index contributed by atoms with van der Waals surface area (Å²) in [7, 11) is -2.37. The number of allylic oxidation sites excluding steroid dienone is 1. The number of Topliss-reactive ketones (excluding diaryl/α,β-unsaturated/α-hetero) is 1. The van der Waals surface area contributed by atoms with Crippen LogP contribution in [0.2, 0.25) is 10.0 Å². The molecule has 1 aromatic rings. The van der Waals surface area contributed by atoms with Crippen molar-refractivity contribution in [3.05, 3.63) is 39.3 Å². The van der Waals surface area contributed by atoms with Crippen LogP contribution in [0.5, 0.6) is 0 Å². The Morgan fingerprint density at radius 3 is 2.67 bits per heavy atom. The zero-order valence-electron chi connectivity index (χ0n) is 14.7. The molecule has 0 aliphatic carbocycles. The number of anilines is 1. The lowest BCUT2D eigenvalue weighted by molar-refractivity contribution is -0.114. The number of halogens is 2. The van der Waals surface area contributed by atoms with Crippen molar-refractivity contribution >= 4 is 62.5 Å². The second kappa shape index (κ2) is 9.29. The quantitative estimate of drug-likeness (QED) is 0.659. The Kier molecular flexibility index (Phi) is 7.58. The largest absolute Gasteiger partial charge is 0.323 e. The number of sulfonamides is 1. The summed E-state index contributed by atoms with van der Waals surface area (Å²) in [5.74, 6) is -0.671. The molecule has 11 heteroatoms. The van der Waals surface area contributed by atoms with E-state index >= 15 is 0 Å². The highest BCUT2D eigenvalue weighted by molar-refractivity contribution is 8.16. The van der Waals surface area contributed by atoms with Gasteiger partial charge in [-0.2, -0.15) is 0 Å². The number of urea groups is 1. The molecule has 0 aromatic heterocycles. The minimum atomic E-state index is -3.82. The number of ketones is 1. The highest BCUT2D eigenvalue weighted by Gasteiger charge is 2.41. The second-order valence-electron chi connectivity index (χ2n) is 5.76. The fraction of sp³-hybridized carbons (Fsp3) is 0.375. The van der Waals surface area contributed by atoms with Gasteiger partial charge in [0.25, 0.3) is 0 Å². The molecule has 0 saturated carbocycles. The Hall–Kier alpha value is -1.26. The number of nitrogens with one attached hydrogen (secondary N) is 2. The molecule has 0 bridgehead atoms. The van der Waals surface area contributed by atoms with Crippen LogP contribution in [0.4, 0.5) is 10.5 Å². The van der Waals surface area contributed by atoms with Crippen molar-refractivity contribution in [1.29, 1.82) is 0 Å². The van der Waals surface area contributed by atoms with Crippen molar-refractivity contribution < 1.29 is 18.0 Å². The fourth-order valence-electron chi connectivity index (χ4n) is 2.22. The molecule has 148 valence electrons. The fourth-order valence-corrected chi connectivity index (χ4v) is 5.53.